The highest BCUT2D eigenvalue weighted by Gasteiger charge is 2.24. The Morgan fingerprint density at radius 1 is 0.864 bits per heavy atom. The highest BCUT2D eigenvalue weighted by molar-refractivity contribution is 5.95. The molecular weight excluding hydrogens is 548 g/mol. The Morgan fingerprint density at radius 2 is 1.66 bits per heavy atom. The Hall–Kier alpha value is -4.49. The first-order chi connectivity index (χ1) is 21.4. The van der Waals surface area contributed by atoms with Gasteiger partial charge < -0.3 is 14.5 Å². The molecule has 4 aromatic rings. The fourth-order valence-electron chi connectivity index (χ4n) is 5.56. The van der Waals surface area contributed by atoms with Crippen LogP contribution in [0.3, 0.4) is 0 Å². The van der Waals surface area contributed by atoms with Gasteiger partial charge in [0.05, 0.1) is 6.61 Å². The molecular formula is C37H42N4O3. The molecule has 7 nitrogen and oxygen atoms in total. The van der Waals surface area contributed by atoms with E-state index in [-0.39, 0.29) is 11.8 Å². The van der Waals surface area contributed by atoms with Crippen molar-refractivity contribution in [1.82, 2.24) is 14.8 Å². The second-order valence-electron chi connectivity index (χ2n) is 11.8. The van der Waals surface area contributed by atoms with Crippen molar-refractivity contribution in [3.05, 3.63) is 114 Å². The second-order valence-corrected chi connectivity index (χ2v) is 11.8. The number of amides is 2. The predicted molar refractivity (Wildman–Crippen MR) is 176 cm³/mol. The van der Waals surface area contributed by atoms with E-state index in [0.29, 0.717) is 44.3 Å². The first-order valence-electron chi connectivity index (χ1n) is 15.5. The van der Waals surface area contributed by atoms with E-state index in [1.165, 1.54) is 5.56 Å². The third-order valence-corrected chi connectivity index (χ3v) is 7.87. The van der Waals surface area contributed by atoms with Crippen LogP contribution >= 0.6 is 0 Å². The highest BCUT2D eigenvalue weighted by atomic mass is 16.5. The van der Waals surface area contributed by atoms with Crippen LogP contribution in [-0.2, 0) is 17.9 Å². The predicted octanol–water partition coefficient (Wildman–Crippen LogP) is 6.68. The molecule has 5 rings (SSSR count). The van der Waals surface area contributed by atoms with Gasteiger partial charge in [-0.25, -0.2) is 0 Å². The van der Waals surface area contributed by atoms with E-state index in [1.54, 1.807) is 13.1 Å². The summed E-state index contributed by atoms with van der Waals surface area (Å²) in [5.41, 5.74) is 5.60. The van der Waals surface area contributed by atoms with Crippen LogP contribution in [0.15, 0.2) is 97.3 Å². The lowest BCUT2D eigenvalue weighted by atomic mass is 10.0. The molecule has 0 fully saturated rings. The van der Waals surface area contributed by atoms with Gasteiger partial charge in [-0.05, 0) is 77.1 Å². The van der Waals surface area contributed by atoms with Crippen LogP contribution in [0.25, 0.3) is 11.1 Å². The van der Waals surface area contributed by atoms with E-state index in [1.807, 2.05) is 70.6 Å². The van der Waals surface area contributed by atoms with Crippen molar-refractivity contribution in [1.29, 1.82) is 0 Å². The molecule has 1 aliphatic heterocycles. The van der Waals surface area contributed by atoms with E-state index in [4.69, 9.17) is 4.74 Å². The zero-order valence-corrected chi connectivity index (χ0v) is 26.0. The number of carbonyl (C=O) groups excluding carboxylic acids is 2. The summed E-state index contributed by atoms with van der Waals surface area (Å²) in [6.07, 6.45) is 4.41. The van der Waals surface area contributed by atoms with Crippen LogP contribution < -0.4 is 9.64 Å². The van der Waals surface area contributed by atoms with Crippen molar-refractivity contribution in [3.63, 3.8) is 0 Å². The smallest absolute Gasteiger partial charge is 0.254 e. The fourth-order valence-corrected chi connectivity index (χ4v) is 5.56. The molecule has 44 heavy (non-hydrogen) atoms. The van der Waals surface area contributed by atoms with E-state index in [2.05, 4.69) is 54.1 Å². The van der Waals surface area contributed by atoms with Gasteiger partial charge in [0.2, 0.25) is 5.91 Å². The molecule has 228 valence electrons. The van der Waals surface area contributed by atoms with Crippen molar-refractivity contribution in [3.8, 4) is 16.9 Å². The third-order valence-electron chi connectivity index (χ3n) is 7.87. The second kappa shape index (κ2) is 14.8. The van der Waals surface area contributed by atoms with Gasteiger partial charge in [0.15, 0.2) is 0 Å². The molecule has 0 N–H and O–H groups in total. The molecule has 0 radical (unpaired) electrons. The van der Waals surface area contributed by atoms with Gasteiger partial charge in [-0.3, -0.25) is 19.5 Å². The minimum Gasteiger partial charge on any atom is -0.493 e. The van der Waals surface area contributed by atoms with Crippen LogP contribution in [0, 0.1) is 5.92 Å². The van der Waals surface area contributed by atoms with Crippen molar-refractivity contribution >= 4 is 17.5 Å². The van der Waals surface area contributed by atoms with Crippen molar-refractivity contribution < 1.29 is 14.3 Å². The maximum atomic E-state index is 14.1. The molecule has 0 atom stereocenters. The molecule has 0 saturated heterocycles. The maximum Gasteiger partial charge on any atom is 0.254 e. The summed E-state index contributed by atoms with van der Waals surface area (Å²) in [7, 11) is 0. The molecule has 0 bridgehead atoms. The average molecular weight is 591 g/mol. The summed E-state index contributed by atoms with van der Waals surface area (Å²) in [5, 5.41) is 0. The number of anilines is 1. The van der Waals surface area contributed by atoms with Crippen LogP contribution in [-0.4, -0.2) is 59.4 Å². The number of hydrogen-bond donors (Lipinski definition) is 0. The minimum atomic E-state index is -0.0496. The van der Waals surface area contributed by atoms with Gasteiger partial charge in [0.1, 0.15) is 5.75 Å². The summed E-state index contributed by atoms with van der Waals surface area (Å²) in [6.45, 7) is 10.3. The Morgan fingerprint density at radius 3 is 2.36 bits per heavy atom. The number of nitrogens with zero attached hydrogens (tertiary/aromatic N) is 4. The van der Waals surface area contributed by atoms with Crippen molar-refractivity contribution in [2.45, 2.75) is 40.3 Å². The van der Waals surface area contributed by atoms with E-state index >= 15 is 0 Å². The van der Waals surface area contributed by atoms with Gasteiger partial charge in [0, 0.05) is 69.8 Å². The number of fused-ring (bicyclic) bond motifs is 1. The summed E-state index contributed by atoms with van der Waals surface area (Å²) in [5.74, 6) is 1.11. The van der Waals surface area contributed by atoms with E-state index < -0.39 is 0 Å². The lowest BCUT2D eigenvalue weighted by Gasteiger charge is -2.28. The summed E-state index contributed by atoms with van der Waals surface area (Å²) < 4.78 is 5.86. The number of benzene rings is 3. The largest absolute Gasteiger partial charge is 0.493 e. The van der Waals surface area contributed by atoms with Gasteiger partial charge in [-0.2, -0.15) is 0 Å². The van der Waals surface area contributed by atoms with E-state index in [0.717, 1.165) is 47.6 Å². The average Bonchev–Trinajstić information content (AvgIpc) is 3.07. The molecule has 0 spiro atoms. The molecule has 1 aliphatic rings. The number of ether oxygens (including phenoxy) is 1. The maximum absolute atomic E-state index is 14.1. The molecule has 0 unspecified atom stereocenters. The Balaban J connectivity index is 1.50. The first-order valence-corrected chi connectivity index (χ1v) is 15.5. The number of hydrogen-bond acceptors (Lipinski definition) is 5. The Kier molecular flexibility index (Phi) is 10.4. The monoisotopic (exact) mass is 590 g/mol. The van der Waals surface area contributed by atoms with Crippen LogP contribution in [0.5, 0.6) is 5.75 Å². The molecule has 0 saturated carbocycles. The summed E-state index contributed by atoms with van der Waals surface area (Å²) in [4.78, 5) is 37.6. The zero-order chi connectivity index (χ0) is 30.9. The minimum absolute atomic E-state index is 0.0101. The zero-order valence-electron chi connectivity index (χ0n) is 26.0. The van der Waals surface area contributed by atoms with Crippen LogP contribution in [0.4, 0.5) is 5.69 Å². The molecule has 7 heteroatoms. The lowest BCUT2D eigenvalue weighted by Crippen LogP contribution is -2.38. The highest BCUT2D eigenvalue weighted by Crippen LogP contribution is 2.30. The molecule has 2 amide bonds. The van der Waals surface area contributed by atoms with Gasteiger partial charge in [-0.1, -0.05) is 56.3 Å². The van der Waals surface area contributed by atoms with Gasteiger partial charge in [-0.15, -0.1) is 0 Å². The topological polar surface area (TPSA) is 66.0 Å². The van der Waals surface area contributed by atoms with Gasteiger partial charge in [0.25, 0.3) is 5.91 Å². The number of rotatable bonds is 7. The third kappa shape index (κ3) is 8.11. The molecule has 0 aliphatic carbocycles. The van der Waals surface area contributed by atoms with Crippen molar-refractivity contribution in [2.24, 2.45) is 5.92 Å². The number of aromatic nitrogens is 1. The summed E-state index contributed by atoms with van der Waals surface area (Å²) in [6, 6.07) is 27.9. The Labute approximate surface area is 261 Å². The molecule has 1 aromatic heterocycles. The van der Waals surface area contributed by atoms with E-state index in [9.17, 15) is 9.59 Å². The quantitative estimate of drug-likeness (QED) is 0.240. The standard InChI is InChI=1S/C37H42N4O3/c1-28(2)27-44-35-15-12-31(13-16-35)37(43)40-22-21-39(25-30-9-5-4-6-10-30)19-8-20-41(29(3)42)36-17-14-32(23-34(36)26-40)33-11-7-18-38-24-33/h4-7,9-18,23-24,28H,8,19-22,25-27H2,1-3H3. The number of carbonyl (C=O) groups is 2. The SMILES string of the molecule is CC(=O)N1CCCN(Cc2ccccc2)CCN(C(=O)c2ccc(OCC(C)C)cc2)Cc2cc(-c3cccnc3)ccc21. The first kappa shape index (κ1) is 31.0. The normalized spacial score (nSPS) is 14.5. The molecule has 2 heterocycles. The fraction of sp³-hybridized carbons (Fsp3) is 0.324. The lowest BCUT2D eigenvalue weighted by molar-refractivity contribution is -0.116. The van der Waals surface area contributed by atoms with Crippen molar-refractivity contribution in [2.75, 3.05) is 37.7 Å². The summed E-state index contributed by atoms with van der Waals surface area (Å²) >= 11 is 0. The Bertz CT molecular complexity index is 1520. The van der Waals surface area contributed by atoms with Crippen LogP contribution in [0.2, 0.25) is 0 Å². The number of pyridine rings is 1. The molecule has 3 aromatic carbocycles. The van der Waals surface area contributed by atoms with Gasteiger partial charge >= 0.3 is 0 Å². The van der Waals surface area contributed by atoms with Crippen LogP contribution in [0.1, 0.15) is 48.7 Å².